The van der Waals surface area contributed by atoms with E-state index in [2.05, 4.69) is 20.7 Å². The molecule has 0 saturated heterocycles. The van der Waals surface area contributed by atoms with Crippen molar-refractivity contribution in [3.8, 4) is 5.69 Å². The lowest BCUT2D eigenvalue weighted by Gasteiger charge is -2.12. The number of carbonyl (C=O) groups excluding carboxylic acids is 2. The maximum Gasteiger partial charge on any atom is 0.226 e. The summed E-state index contributed by atoms with van der Waals surface area (Å²) in [4.78, 5) is 27.7. The molecule has 1 aromatic carbocycles. The van der Waals surface area contributed by atoms with E-state index in [9.17, 15) is 9.59 Å². The lowest BCUT2D eigenvalue weighted by molar-refractivity contribution is -0.122. The number of para-hydroxylation sites is 1. The van der Waals surface area contributed by atoms with Crippen molar-refractivity contribution in [2.24, 2.45) is 11.8 Å². The molecule has 7 nitrogen and oxygen atoms in total. The topological polar surface area (TPSA) is 88.9 Å². The molecule has 1 aliphatic carbocycles. The summed E-state index contributed by atoms with van der Waals surface area (Å²) in [6.45, 7) is 2.36. The van der Waals surface area contributed by atoms with Crippen LogP contribution < -0.4 is 10.6 Å². The Balaban J connectivity index is 1.58. The molecule has 8 heteroatoms. The maximum absolute atomic E-state index is 12.1. The molecule has 2 amide bonds. The van der Waals surface area contributed by atoms with Crippen molar-refractivity contribution in [1.82, 2.24) is 20.1 Å². The number of nitrogens with zero attached hydrogens (tertiary/aromatic N) is 3. The van der Waals surface area contributed by atoms with Crippen LogP contribution in [0.3, 0.4) is 0 Å². The summed E-state index contributed by atoms with van der Waals surface area (Å²) in [5.41, 5.74) is 1.10. The number of anilines is 1. The molecule has 1 heterocycles. The number of benzene rings is 1. The van der Waals surface area contributed by atoms with E-state index in [1.54, 1.807) is 18.2 Å². The van der Waals surface area contributed by atoms with Gasteiger partial charge in [-0.15, -0.1) is 0 Å². The second kappa shape index (κ2) is 7.00. The maximum atomic E-state index is 12.1. The zero-order chi connectivity index (χ0) is 17.1. The Hall–Kier alpha value is -2.41. The number of rotatable bonds is 6. The van der Waals surface area contributed by atoms with E-state index in [-0.39, 0.29) is 24.2 Å². The van der Waals surface area contributed by atoms with Crippen LogP contribution in [0, 0.1) is 11.8 Å². The first-order valence-corrected chi connectivity index (χ1v) is 8.15. The van der Waals surface area contributed by atoms with Gasteiger partial charge in [0.15, 0.2) is 0 Å². The lowest BCUT2D eigenvalue weighted by Crippen LogP contribution is -2.29. The summed E-state index contributed by atoms with van der Waals surface area (Å²) in [6, 6.07) is 5.20. The van der Waals surface area contributed by atoms with Crippen LogP contribution in [-0.2, 0) is 9.59 Å². The minimum Gasteiger partial charge on any atom is -0.355 e. The third kappa shape index (κ3) is 3.73. The van der Waals surface area contributed by atoms with E-state index in [1.807, 2.05) is 6.92 Å². The fraction of sp³-hybridized carbons (Fsp3) is 0.375. The quantitative estimate of drug-likeness (QED) is 0.836. The highest BCUT2D eigenvalue weighted by molar-refractivity contribution is 6.33. The molecule has 0 bridgehead atoms. The van der Waals surface area contributed by atoms with Crippen molar-refractivity contribution in [3.63, 3.8) is 0 Å². The number of halogens is 1. The van der Waals surface area contributed by atoms with E-state index >= 15 is 0 Å². The molecule has 2 N–H and O–H groups in total. The van der Waals surface area contributed by atoms with Gasteiger partial charge in [-0.05, 0) is 24.5 Å². The van der Waals surface area contributed by atoms with Crippen molar-refractivity contribution in [3.05, 3.63) is 35.9 Å². The van der Waals surface area contributed by atoms with E-state index in [0.717, 1.165) is 6.42 Å². The van der Waals surface area contributed by atoms with E-state index in [4.69, 9.17) is 11.6 Å². The normalized spacial score (nSPS) is 18.9. The minimum absolute atomic E-state index is 0.0290. The Morgan fingerprint density at radius 1 is 1.42 bits per heavy atom. The molecule has 0 aliphatic heterocycles. The summed E-state index contributed by atoms with van der Waals surface area (Å²) >= 11 is 6.21. The van der Waals surface area contributed by atoms with Gasteiger partial charge in [-0.25, -0.2) is 9.67 Å². The van der Waals surface area contributed by atoms with Crippen molar-refractivity contribution in [1.29, 1.82) is 0 Å². The molecule has 24 heavy (non-hydrogen) atoms. The monoisotopic (exact) mass is 347 g/mol. The summed E-state index contributed by atoms with van der Waals surface area (Å²) < 4.78 is 1.49. The Morgan fingerprint density at radius 2 is 2.21 bits per heavy atom. The Bertz CT molecular complexity index is 747. The largest absolute Gasteiger partial charge is 0.355 e. The van der Waals surface area contributed by atoms with Gasteiger partial charge in [-0.1, -0.05) is 24.6 Å². The summed E-state index contributed by atoms with van der Waals surface area (Å²) in [6.07, 6.45) is 4.02. The summed E-state index contributed by atoms with van der Waals surface area (Å²) in [7, 11) is 0. The highest BCUT2D eigenvalue weighted by Crippen LogP contribution is 2.37. The summed E-state index contributed by atoms with van der Waals surface area (Å²) in [5.74, 6) is 0.388. The van der Waals surface area contributed by atoms with Gasteiger partial charge in [0.1, 0.15) is 18.3 Å². The number of nitrogens with one attached hydrogen (secondary N) is 2. The van der Waals surface area contributed by atoms with Gasteiger partial charge in [0.25, 0.3) is 0 Å². The minimum atomic E-state index is -0.206. The van der Waals surface area contributed by atoms with Crippen LogP contribution >= 0.6 is 11.6 Å². The standard InChI is InChI=1S/C16H18ClN5O2/c1-10-7-11(10)16(24)19-6-5-14(23)21-13-4-2-3-12(17)15(13)22-9-18-8-20-22/h2-4,8-11H,5-7H2,1H3,(H,19,24)(H,21,23)/t10-,11-/m1/s1. The van der Waals surface area contributed by atoms with Crippen LogP contribution in [0.5, 0.6) is 0 Å². The molecule has 0 unspecified atom stereocenters. The van der Waals surface area contributed by atoms with Crippen LogP contribution in [0.25, 0.3) is 5.69 Å². The SMILES string of the molecule is C[C@@H]1C[C@H]1C(=O)NCCC(=O)Nc1cccc(Cl)c1-n1cncn1. The molecule has 1 fully saturated rings. The van der Waals surface area contributed by atoms with Crippen molar-refractivity contribution < 1.29 is 9.59 Å². The number of hydrogen-bond donors (Lipinski definition) is 2. The molecule has 0 spiro atoms. The fourth-order valence-electron chi connectivity index (χ4n) is 2.50. The average molecular weight is 348 g/mol. The van der Waals surface area contributed by atoms with Gasteiger partial charge in [0, 0.05) is 18.9 Å². The second-order valence-corrected chi connectivity index (χ2v) is 6.29. The first-order valence-electron chi connectivity index (χ1n) is 7.77. The number of hydrogen-bond acceptors (Lipinski definition) is 4. The van der Waals surface area contributed by atoms with E-state index in [0.29, 0.717) is 28.9 Å². The zero-order valence-corrected chi connectivity index (χ0v) is 14.0. The molecule has 1 aromatic heterocycles. The van der Waals surface area contributed by atoms with Crippen molar-refractivity contribution >= 4 is 29.1 Å². The van der Waals surface area contributed by atoms with Gasteiger partial charge < -0.3 is 10.6 Å². The third-order valence-corrected chi connectivity index (χ3v) is 4.31. The number of carbonyl (C=O) groups is 2. The fourth-order valence-corrected chi connectivity index (χ4v) is 2.76. The number of amides is 2. The number of aromatic nitrogens is 3. The first-order chi connectivity index (χ1) is 11.6. The van der Waals surface area contributed by atoms with Gasteiger partial charge in [0.05, 0.1) is 10.7 Å². The van der Waals surface area contributed by atoms with Gasteiger partial charge in [-0.3, -0.25) is 9.59 Å². The Morgan fingerprint density at radius 3 is 2.88 bits per heavy atom. The molecular formula is C16H18ClN5O2. The molecule has 0 radical (unpaired) electrons. The summed E-state index contributed by atoms with van der Waals surface area (Å²) in [5, 5.41) is 10.1. The van der Waals surface area contributed by atoms with Crippen LogP contribution in [-0.4, -0.2) is 33.1 Å². The molecular weight excluding hydrogens is 330 g/mol. The molecule has 1 saturated carbocycles. The lowest BCUT2D eigenvalue weighted by atomic mass is 10.2. The average Bonchev–Trinajstić information content (AvgIpc) is 3.05. The predicted molar refractivity (Wildman–Crippen MR) is 89.9 cm³/mol. The van der Waals surface area contributed by atoms with Crippen molar-refractivity contribution in [2.45, 2.75) is 19.8 Å². The highest BCUT2D eigenvalue weighted by Gasteiger charge is 2.38. The van der Waals surface area contributed by atoms with E-state index in [1.165, 1.54) is 17.3 Å². The zero-order valence-electron chi connectivity index (χ0n) is 13.2. The van der Waals surface area contributed by atoms with Gasteiger partial charge in [-0.2, -0.15) is 5.10 Å². The van der Waals surface area contributed by atoms with Gasteiger partial charge >= 0.3 is 0 Å². The van der Waals surface area contributed by atoms with Crippen LogP contribution in [0.1, 0.15) is 19.8 Å². The van der Waals surface area contributed by atoms with Crippen molar-refractivity contribution in [2.75, 3.05) is 11.9 Å². The molecule has 126 valence electrons. The van der Waals surface area contributed by atoms with Crippen LogP contribution in [0.15, 0.2) is 30.9 Å². The first kappa shape index (κ1) is 16.4. The van der Waals surface area contributed by atoms with Crippen LogP contribution in [0.4, 0.5) is 5.69 Å². The van der Waals surface area contributed by atoms with Crippen LogP contribution in [0.2, 0.25) is 5.02 Å². The second-order valence-electron chi connectivity index (χ2n) is 5.88. The molecule has 3 rings (SSSR count). The van der Waals surface area contributed by atoms with E-state index < -0.39 is 0 Å². The molecule has 2 atom stereocenters. The Labute approximate surface area is 144 Å². The Kier molecular flexibility index (Phi) is 4.80. The van der Waals surface area contributed by atoms with Gasteiger partial charge in [0.2, 0.25) is 11.8 Å². The predicted octanol–water partition coefficient (Wildman–Crippen LogP) is 2.02. The molecule has 2 aromatic rings. The third-order valence-electron chi connectivity index (χ3n) is 4.01. The molecule has 1 aliphatic rings. The highest BCUT2D eigenvalue weighted by atomic mass is 35.5. The smallest absolute Gasteiger partial charge is 0.226 e.